The molecule has 2 aliphatic rings. The van der Waals surface area contributed by atoms with E-state index in [1.807, 2.05) is 6.92 Å². The van der Waals surface area contributed by atoms with Crippen LogP contribution in [-0.4, -0.2) is 23.3 Å². The average molecular weight is 155 g/mol. The highest BCUT2D eigenvalue weighted by atomic mass is 16.3. The molecule has 1 heterocycles. The third-order valence-corrected chi connectivity index (χ3v) is 3.17. The first kappa shape index (κ1) is 7.56. The number of hydrogen-bond acceptors (Lipinski definition) is 2. The fourth-order valence-corrected chi connectivity index (χ4v) is 2.14. The summed E-state index contributed by atoms with van der Waals surface area (Å²) >= 11 is 0. The van der Waals surface area contributed by atoms with Crippen LogP contribution in [0.4, 0.5) is 0 Å². The zero-order chi connectivity index (χ0) is 7.90. The molecule has 2 nitrogen and oxygen atoms in total. The van der Waals surface area contributed by atoms with Crippen LogP contribution in [0, 0.1) is 5.92 Å². The Labute approximate surface area is 68.0 Å². The Hall–Kier alpha value is -0.0800. The Morgan fingerprint density at radius 2 is 2.09 bits per heavy atom. The zero-order valence-electron chi connectivity index (χ0n) is 7.14. The fourth-order valence-electron chi connectivity index (χ4n) is 2.14. The predicted molar refractivity (Wildman–Crippen MR) is 44.4 cm³/mol. The van der Waals surface area contributed by atoms with Gasteiger partial charge in [0.05, 0.1) is 5.60 Å². The molecular weight excluding hydrogens is 138 g/mol. The van der Waals surface area contributed by atoms with Gasteiger partial charge in [-0.3, -0.25) is 0 Å². The van der Waals surface area contributed by atoms with Crippen molar-refractivity contribution in [3.63, 3.8) is 0 Å². The summed E-state index contributed by atoms with van der Waals surface area (Å²) in [5, 5.41) is 13.5. The number of rotatable bonds is 2. The van der Waals surface area contributed by atoms with Crippen molar-refractivity contribution in [2.75, 3.05) is 6.54 Å². The second-order valence-corrected chi connectivity index (χ2v) is 4.15. The van der Waals surface area contributed by atoms with Crippen LogP contribution in [0.2, 0.25) is 0 Å². The number of hydrogen-bond donors (Lipinski definition) is 2. The Kier molecular flexibility index (Phi) is 1.69. The van der Waals surface area contributed by atoms with Crippen molar-refractivity contribution >= 4 is 0 Å². The Morgan fingerprint density at radius 3 is 2.55 bits per heavy atom. The molecule has 0 aromatic rings. The zero-order valence-corrected chi connectivity index (χ0v) is 7.14. The highest BCUT2D eigenvalue weighted by molar-refractivity contribution is 5.00. The van der Waals surface area contributed by atoms with E-state index in [0.29, 0.717) is 12.0 Å². The minimum atomic E-state index is -0.420. The van der Waals surface area contributed by atoms with E-state index in [0.717, 1.165) is 13.0 Å². The largest absolute Gasteiger partial charge is 0.388 e. The summed E-state index contributed by atoms with van der Waals surface area (Å²) < 4.78 is 0. The normalized spacial score (nSPS) is 37.1. The van der Waals surface area contributed by atoms with Gasteiger partial charge in [0.15, 0.2) is 0 Å². The van der Waals surface area contributed by atoms with Gasteiger partial charge in [0, 0.05) is 6.04 Å². The van der Waals surface area contributed by atoms with E-state index in [-0.39, 0.29) is 0 Å². The van der Waals surface area contributed by atoms with Crippen molar-refractivity contribution < 1.29 is 5.11 Å². The smallest absolute Gasteiger partial charge is 0.0799 e. The number of nitrogens with one attached hydrogen (secondary N) is 1. The van der Waals surface area contributed by atoms with Gasteiger partial charge in [-0.15, -0.1) is 0 Å². The first-order valence-corrected chi connectivity index (χ1v) is 4.67. The highest BCUT2D eigenvalue weighted by Gasteiger charge is 2.46. The van der Waals surface area contributed by atoms with E-state index in [2.05, 4.69) is 5.32 Å². The van der Waals surface area contributed by atoms with E-state index in [1.165, 1.54) is 19.3 Å². The SMILES string of the molecule is CC(O)(C1CC1)C1CCCN1. The lowest BCUT2D eigenvalue weighted by molar-refractivity contribution is 0.00427. The molecule has 0 amide bonds. The minimum absolute atomic E-state index is 0.370. The Balaban J connectivity index is 1.99. The summed E-state index contributed by atoms with van der Waals surface area (Å²) in [4.78, 5) is 0. The standard InChI is InChI=1S/C9H17NO/c1-9(11,7-4-5-7)8-3-2-6-10-8/h7-8,10-11H,2-6H2,1H3. The van der Waals surface area contributed by atoms with Crippen molar-refractivity contribution in [1.29, 1.82) is 0 Å². The second-order valence-electron chi connectivity index (χ2n) is 4.15. The molecule has 64 valence electrons. The van der Waals surface area contributed by atoms with Crippen LogP contribution in [0.15, 0.2) is 0 Å². The lowest BCUT2D eigenvalue weighted by Gasteiger charge is -2.30. The monoisotopic (exact) mass is 155 g/mol. The Morgan fingerprint density at radius 1 is 1.36 bits per heavy atom. The molecule has 0 radical (unpaired) electrons. The van der Waals surface area contributed by atoms with Gasteiger partial charge < -0.3 is 10.4 Å². The van der Waals surface area contributed by atoms with Gasteiger partial charge in [0.25, 0.3) is 0 Å². The topological polar surface area (TPSA) is 32.3 Å². The summed E-state index contributed by atoms with van der Waals surface area (Å²) in [7, 11) is 0. The summed E-state index contributed by atoms with van der Waals surface area (Å²) in [5.74, 6) is 0.582. The quantitative estimate of drug-likeness (QED) is 0.621. The molecule has 1 saturated heterocycles. The molecule has 2 atom stereocenters. The number of aliphatic hydroxyl groups is 1. The third-order valence-electron chi connectivity index (χ3n) is 3.17. The summed E-state index contributed by atoms with van der Waals surface area (Å²) in [6.07, 6.45) is 4.84. The van der Waals surface area contributed by atoms with Crippen LogP contribution in [0.25, 0.3) is 0 Å². The highest BCUT2D eigenvalue weighted by Crippen LogP contribution is 2.42. The summed E-state index contributed by atoms with van der Waals surface area (Å²) in [6, 6.07) is 0.370. The molecular formula is C9H17NO. The van der Waals surface area contributed by atoms with Crippen molar-refractivity contribution in [1.82, 2.24) is 5.32 Å². The molecule has 1 aliphatic heterocycles. The van der Waals surface area contributed by atoms with Crippen molar-refractivity contribution in [2.45, 2.75) is 44.2 Å². The molecule has 2 fully saturated rings. The fraction of sp³-hybridized carbons (Fsp3) is 1.00. The predicted octanol–water partition coefficient (Wildman–Crippen LogP) is 0.899. The van der Waals surface area contributed by atoms with Gasteiger partial charge in [-0.1, -0.05) is 0 Å². The van der Waals surface area contributed by atoms with Gasteiger partial charge >= 0.3 is 0 Å². The lowest BCUT2D eigenvalue weighted by Crippen LogP contribution is -2.47. The molecule has 0 bridgehead atoms. The maximum Gasteiger partial charge on any atom is 0.0799 e. The van der Waals surface area contributed by atoms with E-state index in [1.54, 1.807) is 0 Å². The van der Waals surface area contributed by atoms with Crippen LogP contribution in [-0.2, 0) is 0 Å². The summed E-state index contributed by atoms with van der Waals surface area (Å²) in [6.45, 7) is 3.08. The molecule has 0 spiro atoms. The molecule has 2 unspecified atom stereocenters. The lowest BCUT2D eigenvalue weighted by atomic mass is 9.90. The van der Waals surface area contributed by atoms with Crippen LogP contribution in [0.3, 0.4) is 0 Å². The van der Waals surface area contributed by atoms with E-state index in [4.69, 9.17) is 0 Å². The van der Waals surface area contributed by atoms with E-state index >= 15 is 0 Å². The molecule has 0 aromatic carbocycles. The molecule has 1 aliphatic carbocycles. The summed E-state index contributed by atoms with van der Waals surface area (Å²) in [5.41, 5.74) is -0.420. The maximum absolute atomic E-state index is 10.1. The molecule has 1 saturated carbocycles. The van der Waals surface area contributed by atoms with Crippen molar-refractivity contribution in [3.8, 4) is 0 Å². The van der Waals surface area contributed by atoms with Gasteiger partial charge in [-0.25, -0.2) is 0 Å². The molecule has 2 rings (SSSR count). The van der Waals surface area contributed by atoms with E-state index in [9.17, 15) is 5.11 Å². The van der Waals surface area contributed by atoms with Gasteiger partial charge in [-0.05, 0) is 45.1 Å². The first-order chi connectivity index (χ1) is 5.21. The van der Waals surface area contributed by atoms with Crippen molar-refractivity contribution in [3.05, 3.63) is 0 Å². The van der Waals surface area contributed by atoms with Crippen LogP contribution >= 0.6 is 0 Å². The van der Waals surface area contributed by atoms with Crippen LogP contribution in [0.5, 0.6) is 0 Å². The van der Waals surface area contributed by atoms with E-state index < -0.39 is 5.60 Å². The van der Waals surface area contributed by atoms with Gasteiger partial charge in [0.1, 0.15) is 0 Å². The molecule has 2 heteroatoms. The van der Waals surface area contributed by atoms with Crippen LogP contribution < -0.4 is 5.32 Å². The van der Waals surface area contributed by atoms with Gasteiger partial charge in [0.2, 0.25) is 0 Å². The van der Waals surface area contributed by atoms with Gasteiger partial charge in [-0.2, -0.15) is 0 Å². The molecule has 2 N–H and O–H groups in total. The molecule has 0 aromatic heterocycles. The van der Waals surface area contributed by atoms with Crippen LogP contribution in [0.1, 0.15) is 32.6 Å². The second kappa shape index (κ2) is 2.46. The molecule has 11 heavy (non-hydrogen) atoms. The average Bonchev–Trinajstić information content (AvgIpc) is 2.66. The Bertz CT molecular complexity index is 146. The minimum Gasteiger partial charge on any atom is -0.388 e. The maximum atomic E-state index is 10.1. The first-order valence-electron chi connectivity index (χ1n) is 4.67. The van der Waals surface area contributed by atoms with Crippen molar-refractivity contribution in [2.24, 2.45) is 5.92 Å². The third kappa shape index (κ3) is 1.30.